The number of fused-ring (bicyclic) bond motifs is 1. The molecule has 1 saturated heterocycles. The number of aromatic nitrogens is 3. The number of para-hydroxylation sites is 2. The lowest BCUT2D eigenvalue weighted by atomic mass is 10.2. The van der Waals surface area contributed by atoms with Crippen LogP contribution in [0, 0.1) is 0 Å². The quantitative estimate of drug-likeness (QED) is 0.517. The first-order valence-electron chi connectivity index (χ1n) is 8.59. The topological polar surface area (TPSA) is 75.4 Å². The van der Waals surface area contributed by atoms with Gasteiger partial charge in [-0.1, -0.05) is 30.8 Å². The van der Waals surface area contributed by atoms with Crippen LogP contribution in [0.5, 0.6) is 0 Å². The Morgan fingerprint density at radius 1 is 1.15 bits per heavy atom. The van der Waals surface area contributed by atoms with Gasteiger partial charge < -0.3 is 14.2 Å². The lowest BCUT2D eigenvalue weighted by molar-refractivity contribution is 0.0744. The molecular weight excluding hydrogens is 350 g/mol. The highest BCUT2D eigenvalue weighted by atomic mass is 32.2. The fourth-order valence-electron chi connectivity index (χ4n) is 2.91. The molecular formula is C18H19N5O2S. The maximum Gasteiger partial charge on any atom is 0.298 e. The zero-order chi connectivity index (χ0) is 17.9. The Hall–Kier alpha value is -2.61. The minimum atomic E-state index is -0.0322. The van der Waals surface area contributed by atoms with Gasteiger partial charge in [0.25, 0.3) is 11.9 Å². The first kappa shape index (κ1) is 16.8. The third kappa shape index (κ3) is 3.37. The molecule has 1 aromatic carbocycles. The molecule has 1 fully saturated rings. The summed E-state index contributed by atoms with van der Waals surface area (Å²) in [7, 11) is 0. The first-order valence-corrected chi connectivity index (χ1v) is 9.58. The lowest BCUT2D eigenvalue weighted by Crippen LogP contribution is -2.49. The predicted molar refractivity (Wildman–Crippen MR) is 101 cm³/mol. The summed E-state index contributed by atoms with van der Waals surface area (Å²) in [6, 6.07) is 8.33. The van der Waals surface area contributed by atoms with Gasteiger partial charge in [0.2, 0.25) is 0 Å². The van der Waals surface area contributed by atoms with Crippen molar-refractivity contribution in [3.8, 4) is 0 Å². The molecule has 1 aliphatic rings. The van der Waals surface area contributed by atoms with Crippen molar-refractivity contribution in [1.29, 1.82) is 0 Å². The molecule has 0 radical (unpaired) electrons. The Labute approximate surface area is 155 Å². The number of rotatable bonds is 4. The molecule has 1 aliphatic heterocycles. The second-order valence-electron chi connectivity index (χ2n) is 5.93. The summed E-state index contributed by atoms with van der Waals surface area (Å²) in [4.78, 5) is 29.5. The standard InChI is InChI=1S/C18H19N5O2S/c1-2-26-17-19-11-13(12-20-17)16(24)22-7-9-23(10-8-22)18-21-14-5-3-4-6-15(14)25-18/h3-6,11-12H,2,7-10H2,1H3. The Bertz CT molecular complexity index is 870. The number of nitrogens with zero attached hydrogens (tertiary/aromatic N) is 5. The second kappa shape index (κ2) is 7.33. The third-order valence-electron chi connectivity index (χ3n) is 4.27. The predicted octanol–water partition coefficient (Wildman–Crippen LogP) is 2.69. The highest BCUT2D eigenvalue weighted by Gasteiger charge is 2.25. The molecule has 3 aromatic rings. The van der Waals surface area contributed by atoms with Gasteiger partial charge in [-0.15, -0.1) is 0 Å². The van der Waals surface area contributed by atoms with E-state index in [0.717, 1.165) is 16.9 Å². The number of thioether (sulfide) groups is 1. The van der Waals surface area contributed by atoms with E-state index in [0.29, 0.717) is 42.9 Å². The van der Waals surface area contributed by atoms with Crippen LogP contribution in [-0.4, -0.2) is 57.7 Å². The average Bonchev–Trinajstić information content (AvgIpc) is 3.13. The van der Waals surface area contributed by atoms with Crippen LogP contribution in [0.3, 0.4) is 0 Å². The molecule has 0 spiro atoms. The molecule has 0 N–H and O–H groups in total. The SMILES string of the molecule is CCSc1ncc(C(=O)N2CCN(c3nc4ccccc4o3)CC2)cn1. The van der Waals surface area contributed by atoms with Crippen LogP contribution >= 0.6 is 11.8 Å². The van der Waals surface area contributed by atoms with Crippen molar-refractivity contribution in [2.75, 3.05) is 36.8 Å². The van der Waals surface area contributed by atoms with Gasteiger partial charge in [0.05, 0.1) is 5.56 Å². The molecule has 1 amide bonds. The fourth-order valence-corrected chi connectivity index (χ4v) is 3.42. The van der Waals surface area contributed by atoms with E-state index >= 15 is 0 Å². The number of amides is 1. The number of oxazole rings is 1. The van der Waals surface area contributed by atoms with Crippen LogP contribution in [0.2, 0.25) is 0 Å². The van der Waals surface area contributed by atoms with Gasteiger partial charge in [-0.2, -0.15) is 4.98 Å². The zero-order valence-electron chi connectivity index (χ0n) is 14.5. The lowest BCUT2D eigenvalue weighted by Gasteiger charge is -2.33. The Balaban J connectivity index is 1.40. The average molecular weight is 369 g/mol. The van der Waals surface area contributed by atoms with Crippen molar-refractivity contribution in [2.24, 2.45) is 0 Å². The van der Waals surface area contributed by atoms with E-state index in [2.05, 4.69) is 19.9 Å². The number of carbonyl (C=O) groups excluding carboxylic acids is 1. The maximum atomic E-state index is 12.6. The van der Waals surface area contributed by atoms with E-state index < -0.39 is 0 Å². The Morgan fingerprint density at radius 2 is 1.88 bits per heavy atom. The molecule has 3 heterocycles. The molecule has 4 rings (SSSR count). The summed E-state index contributed by atoms with van der Waals surface area (Å²) in [5, 5.41) is 0.699. The van der Waals surface area contributed by atoms with Gasteiger partial charge in [-0.05, 0) is 17.9 Å². The molecule has 7 nitrogen and oxygen atoms in total. The molecule has 0 saturated carbocycles. The maximum absolute atomic E-state index is 12.6. The van der Waals surface area contributed by atoms with Crippen LogP contribution < -0.4 is 4.90 Å². The van der Waals surface area contributed by atoms with Gasteiger partial charge in [-0.25, -0.2) is 9.97 Å². The Kier molecular flexibility index (Phi) is 4.75. The van der Waals surface area contributed by atoms with Crippen LogP contribution in [0.25, 0.3) is 11.1 Å². The number of piperazine rings is 1. The normalized spacial score (nSPS) is 14.8. The summed E-state index contributed by atoms with van der Waals surface area (Å²) in [5.74, 6) is 0.876. The fraction of sp³-hybridized carbons (Fsp3) is 0.333. The molecule has 2 aromatic heterocycles. The van der Waals surface area contributed by atoms with Crippen LogP contribution in [0.4, 0.5) is 6.01 Å². The van der Waals surface area contributed by atoms with Crippen molar-refractivity contribution in [1.82, 2.24) is 19.9 Å². The van der Waals surface area contributed by atoms with Crippen molar-refractivity contribution < 1.29 is 9.21 Å². The van der Waals surface area contributed by atoms with E-state index in [1.807, 2.05) is 36.1 Å². The smallest absolute Gasteiger partial charge is 0.298 e. The highest BCUT2D eigenvalue weighted by molar-refractivity contribution is 7.99. The molecule has 134 valence electrons. The first-order chi connectivity index (χ1) is 12.7. The molecule has 0 aliphatic carbocycles. The van der Waals surface area contributed by atoms with Crippen molar-refractivity contribution in [2.45, 2.75) is 12.1 Å². The van der Waals surface area contributed by atoms with Crippen LogP contribution in [0.1, 0.15) is 17.3 Å². The monoisotopic (exact) mass is 369 g/mol. The van der Waals surface area contributed by atoms with Crippen molar-refractivity contribution >= 4 is 34.8 Å². The van der Waals surface area contributed by atoms with Crippen LogP contribution in [-0.2, 0) is 0 Å². The van der Waals surface area contributed by atoms with E-state index in [9.17, 15) is 4.79 Å². The van der Waals surface area contributed by atoms with Gasteiger partial charge in [-0.3, -0.25) is 4.79 Å². The molecule has 26 heavy (non-hydrogen) atoms. The summed E-state index contributed by atoms with van der Waals surface area (Å²) < 4.78 is 5.81. The summed E-state index contributed by atoms with van der Waals surface area (Å²) in [5.41, 5.74) is 2.16. The van der Waals surface area contributed by atoms with Gasteiger partial charge >= 0.3 is 0 Å². The Morgan fingerprint density at radius 3 is 2.58 bits per heavy atom. The number of anilines is 1. The third-order valence-corrected chi connectivity index (χ3v) is 5.03. The van der Waals surface area contributed by atoms with Gasteiger partial charge in [0, 0.05) is 38.6 Å². The van der Waals surface area contributed by atoms with Gasteiger partial charge in [0.15, 0.2) is 10.7 Å². The summed E-state index contributed by atoms with van der Waals surface area (Å²) in [6.07, 6.45) is 3.22. The van der Waals surface area contributed by atoms with Crippen molar-refractivity contribution in [3.63, 3.8) is 0 Å². The van der Waals surface area contributed by atoms with Crippen molar-refractivity contribution in [3.05, 3.63) is 42.2 Å². The zero-order valence-corrected chi connectivity index (χ0v) is 15.3. The minimum absolute atomic E-state index is 0.0322. The number of carbonyl (C=O) groups is 1. The van der Waals surface area contributed by atoms with Crippen LogP contribution in [0.15, 0.2) is 46.2 Å². The summed E-state index contributed by atoms with van der Waals surface area (Å²) in [6.45, 7) is 4.64. The van der Waals surface area contributed by atoms with E-state index in [1.165, 1.54) is 0 Å². The number of hydrogen-bond acceptors (Lipinski definition) is 7. The largest absolute Gasteiger partial charge is 0.423 e. The minimum Gasteiger partial charge on any atom is -0.423 e. The molecule has 0 bridgehead atoms. The molecule has 0 atom stereocenters. The highest BCUT2D eigenvalue weighted by Crippen LogP contribution is 2.23. The molecule has 8 heteroatoms. The van der Waals surface area contributed by atoms with E-state index in [4.69, 9.17) is 4.42 Å². The van der Waals surface area contributed by atoms with E-state index in [-0.39, 0.29) is 5.91 Å². The van der Waals surface area contributed by atoms with Gasteiger partial charge in [0.1, 0.15) is 5.52 Å². The number of benzene rings is 1. The summed E-state index contributed by atoms with van der Waals surface area (Å²) >= 11 is 1.56. The number of hydrogen-bond donors (Lipinski definition) is 0. The molecule has 0 unspecified atom stereocenters. The van der Waals surface area contributed by atoms with E-state index in [1.54, 1.807) is 24.2 Å². The second-order valence-corrected chi connectivity index (χ2v) is 7.16.